The quantitative estimate of drug-likeness (QED) is 0.730. The van der Waals surface area contributed by atoms with Gasteiger partial charge in [0.15, 0.2) is 0 Å². The Bertz CT molecular complexity index is 221. The van der Waals surface area contributed by atoms with Gasteiger partial charge >= 0.3 is 5.51 Å². The normalized spacial score (nSPS) is 16.5. The molecule has 0 aliphatic heterocycles. The molecule has 0 radical (unpaired) electrons. The van der Waals surface area contributed by atoms with Crippen LogP contribution in [0.1, 0.15) is 0 Å². The van der Waals surface area contributed by atoms with Crippen molar-refractivity contribution in [2.45, 2.75) is 9.67 Å². The topological polar surface area (TPSA) is 34.1 Å². The lowest BCUT2D eigenvalue weighted by Crippen LogP contribution is -2.31. The van der Waals surface area contributed by atoms with Crippen LogP contribution in [0.3, 0.4) is 0 Å². The molecule has 0 amide bonds. The molecule has 0 aliphatic rings. The molecule has 0 rings (SSSR count). The Morgan fingerprint density at radius 2 is 1.73 bits per heavy atom. The molecule has 0 aromatic rings. The number of alkyl halides is 5. The lowest BCUT2D eigenvalue weighted by atomic mass is 11.0. The van der Waals surface area contributed by atoms with E-state index in [1.807, 2.05) is 0 Å². The maximum atomic E-state index is 11.6. The van der Waals surface area contributed by atoms with Crippen LogP contribution in [0.2, 0.25) is 0 Å². The van der Waals surface area contributed by atoms with Crippen molar-refractivity contribution in [3.05, 3.63) is 0 Å². The highest BCUT2D eigenvalue weighted by Gasteiger charge is 2.49. The monoisotopic (exact) mass is 318 g/mol. The van der Waals surface area contributed by atoms with Crippen LogP contribution in [-0.2, 0) is 9.84 Å². The summed E-state index contributed by atoms with van der Waals surface area (Å²) in [5, 5.41) is -0.297. The van der Waals surface area contributed by atoms with Crippen molar-refractivity contribution in [2.24, 2.45) is 0 Å². The standard InChI is InChI=1S/C3H3Br2F3O2S/c4-1-2(5)11(9,10)3(6,7)8/h2H,1H2. The van der Waals surface area contributed by atoms with Crippen molar-refractivity contribution < 1.29 is 21.6 Å². The molecule has 8 heteroatoms. The predicted molar refractivity (Wildman–Crippen MR) is 41.5 cm³/mol. The second-order valence-electron chi connectivity index (χ2n) is 1.56. The fourth-order valence-corrected chi connectivity index (χ4v) is 2.36. The van der Waals surface area contributed by atoms with Gasteiger partial charge in [0, 0.05) is 5.33 Å². The highest BCUT2D eigenvalue weighted by molar-refractivity contribution is 9.13. The van der Waals surface area contributed by atoms with E-state index in [0.29, 0.717) is 0 Å². The van der Waals surface area contributed by atoms with Gasteiger partial charge in [-0.2, -0.15) is 13.2 Å². The van der Waals surface area contributed by atoms with Gasteiger partial charge in [0.1, 0.15) is 4.16 Å². The summed E-state index contributed by atoms with van der Waals surface area (Å²) >= 11 is 5.00. The Kier molecular flexibility index (Phi) is 3.84. The summed E-state index contributed by atoms with van der Waals surface area (Å²) in [6.07, 6.45) is 0. The highest BCUT2D eigenvalue weighted by Crippen LogP contribution is 2.30. The van der Waals surface area contributed by atoms with Crippen LogP contribution in [0, 0.1) is 0 Å². The van der Waals surface area contributed by atoms with Gasteiger partial charge in [-0.1, -0.05) is 31.9 Å². The maximum absolute atomic E-state index is 11.6. The highest BCUT2D eigenvalue weighted by atomic mass is 79.9. The zero-order chi connectivity index (χ0) is 9.28. The summed E-state index contributed by atoms with van der Waals surface area (Å²) in [5.74, 6) is 0. The summed E-state index contributed by atoms with van der Waals surface area (Å²) < 4.78 is 54.0. The number of halogens is 5. The minimum Gasteiger partial charge on any atom is -0.218 e. The van der Waals surface area contributed by atoms with Crippen molar-refractivity contribution in [1.82, 2.24) is 0 Å². The van der Waals surface area contributed by atoms with Crippen LogP contribution < -0.4 is 0 Å². The third kappa shape index (κ3) is 2.59. The van der Waals surface area contributed by atoms with E-state index >= 15 is 0 Å². The Morgan fingerprint density at radius 1 is 1.36 bits per heavy atom. The van der Waals surface area contributed by atoms with Crippen LogP contribution in [-0.4, -0.2) is 23.4 Å². The van der Waals surface area contributed by atoms with Crippen LogP contribution in [0.25, 0.3) is 0 Å². The molecule has 0 aromatic carbocycles. The average Bonchev–Trinajstić information content (AvgIpc) is 1.83. The van der Waals surface area contributed by atoms with Crippen molar-refractivity contribution in [1.29, 1.82) is 0 Å². The molecule has 0 aromatic heterocycles. The number of hydrogen-bond acceptors (Lipinski definition) is 2. The first-order chi connectivity index (χ1) is 4.73. The van der Waals surface area contributed by atoms with Crippen LogP contribution in [0.5, 0.6) is 0 Å². The van der Waals surface area contributed by atoms with E-state index in [1.165, 1.54) is 0 Å². The molecule has 11 heavy (non-hydrogen) atoms. The molecule has 0 saturated heterocycles. The zero-order valence-electron chi connectivity index (χ0n) is 4.90. The van der Waals surface area contributed by atoms with Gasteiger partial charge in [-0.15, -0.1) is 0 Å². The molecule has 1 unspecified atom stereocenters. The minimum atomic E-state index is -5.19. The molecule has 1 atom stereocenters. The van der Waals surface area contributed by atoms with Gasteiger partial charge in [-0.3, -0.25) is 0 Å². The van der Waals surface area contributed by atoms with Crippen molar-refractivity contribution in [2.75, 3.05) is 5.33 Å². The molecule has 0 N–H and O–H groups in total. The van der Waals surface area contributed by atoms with E-state index in [-0.39, 0.29) is 5.33 Å². The molecule has 0 bridgehead atoms. The van der Waals surface area contributed by atoms with Crippen LogP contribution >= 0.6 is 31.9 Å². The van der Waals surface area contributed by atoms with Crippen LogP contribution in [0.15, 0.2) is 0 Å². The van der Waals surface area contributed by atoms with E-state index in [1.54, 1.807) is 0 Å². The van der Waals surface area contributed by atoms with E-state index in [9.17, 15) is 21.6 Å². The van der Waals surface area contributed by atoms with Gasteiger partial charge in [-0.25, -0.2) is 8.42 Å². The van der Waals surface area contributed by atoms with Crippen molar-refractivity contribution in [3.8, 4) is 0 Å². The second kappa shape index (κ2) is 3.61. The summed E-state index contributed by atoms with van der Waals surface area (Å²) in [7, 11) is -5.06. The molecule has 0 aliphatic carbocycles. The molecular weight excluding hydrogens is 317 g/mol. The maximum Gasteiger partial charge on any atom is 0.498 e. The molecule has 0 spiro atoms. The predicted octanol–water partition coefficient (Wildman–Crippen LogP) is 2.04. The molecule has 0 heterocycles. The fraction of sp³-hybridized carbons (Fsp3) is 1.00. The summed E-state index contributed by atoms with van der Waals surface area (Å²) in [4.78, 5) is 0. The molecule has 2 nitrogen and oxygen atoms in total. The van der Waals surface area contributed by atoms with Crippen molar-refractivity contribution >= 4 is 41.7 Å². The van der Waals surface area contributed by atoms with E-state index in [4.69, 9.17) is 0 Å². The summed E-state index contributed by atoms with van der Waals surface area (Å²) in [6.45, 7) is 0. The Morgan fingerprint density at radius 3 is 1.82 bits per heavy atom. The van der Waals surface area contributed by atoms with Gasteiger partial charge in [0.05, 0.1) is 0 Å². The third-order valence-electron chi connectivity index (χ3n) is 0.781. The SMILES string of the molecule is O=S(=O)(C(Br)CBr)C(F)(F)F. The first-order valence-corrected chi connectivity index (χ1v) is 5.82. The molecule has 0 fully saturated rings. The Labute approximate surface area is 78.3 Å². The van der Waals surface area contributed by atoms with Gasteiger partial charge in [0.2, 0.25) is 0 Å². The Hall–Kier alpha value is 0.700. The van der Waals surface area contributed by atoms with E-state index < -0.39 is 19.5 Å². The number of hydrogen-bond donors (Lipinski definition) is 0. The first-order valence-electron chi connectivity index (χ1n) is 2.23. The van der Waals surface area contributed by atoms with Gasteiger partial charge in [-0.05, 0) is 0 Å². The summed E-state index contributed by atoms with van der Waals surface area (Å²) in [6, 6.07) is 0. The minimum absolute atomic E-state index is 0.297. The number of rotatable bonds is 2. The first kappa shape index (κ1) is 11.7. The fourth-order valence-electron chi connectivity index (χ4n) is 0.228. The van der Waals surface area contributed by atoms with E-state index in [2.05, 4.69) is 31.9 Å². The van der Waals surface area contributed by atoms with E-state index in [0.717, 1.165) is 0 Å². The average molecular weight is 320 g/mol. The van der Waals surface area contributed by atoms with Crippen LogP contribution in [0.4, 0.5) is 13.2 Å². The van der Waals surface area contributed by atoms with Crippen molar-refractivity contribution in [3.63, 3.8) is 0 Å². The Balaban J connectivity index is 4.77. The largest absolute Gasteiger partial charge is 0.498 e. The van der Waals surface area contributed by atoms with Gasteiger partial charge in [0.25, 0.3) is 9.84 Å². The summed E-state index contributed by atoms with van der Waals surface area (Å²) in [5.41, 5.74) is -5.19. The van der Waals surface area contributed by atoms with Gasteiger partial charge < -0.3 is 0 Å². The lowest BCUT2D eigenvalue weighted by molar-refractivity contribution is -0.0436. The number of sulfone groups is 1. The molecule has 68 valence electrons. The lowest BCUT2D eigenvalue weighted by Gasteiger charge is -2.10. The molecule has 0 saturated carbocycles. The third-order valence-corrected chi connectivity index (χ3v) is 6.01. The zero-order valence-corrected chi connectivity index (χ0v) is 8.89. The second-order valence-corrected chi connectivity index (χ2v) is 6.04. The molecular formula is C3H3Br2F3O2S. The smallest absolute Gasteiger partial charge is 0.218 e.